The first-order valence-electron chi connectivity index (χ1n) is 6.96. The maximum atomic E-state index is 12.7. The lowest BCUT2D eigenvalue weighted by molar-refractivity contribution is 0.519. The molecule has 3 rings (SSSR count). The number of nitrogens with zero attached hydrogens (tertiary/aromatic N) is 2. The summed E-state index contributed by atoms with van der Waals surface area (Å²) in [5, 5.41) is 0. The molecule has 114 valence electrons. The third-order valence-corrected chi connectivity index (χ3v) is 5.46. The van der Waals surface area contributed by atoms with Gasteiger partial charge in [0.25, 0.3) is 10.0 Å². The molecule has 5 nitrogen and oxygen atoms in total. The van der Waals surface area contributed by atoms with Crippen molar-refractivity contribution in [1.82, 2.24) is 4.31 Å². The number of nitrogens with two attached hydrogens (primary N) is 1. The number of rotatable bonds is 3. The Morgan fingerprint density at radius 3 is 2.36 bits per heavy atom. The van der Waals surface area contributed by atoms with Gasteiger partial charge in [-0.3, -0.25) is 0 Å². The largest absolute Gasteiger partial charge is 0.369 e. The Balaban J connectivity index is 1.90. The summed E-state index contributed by atoms with van der Waals surface area (Å²) in [5.74, 6) is 0.0365. The highest BCUT2D eigenvalue weighted by molar-refractivity contribution is 7.89. The lowest BCUT2D eigenvalue weighted by atomic mass is 10.1. The molecule has 6 heteroatoms. The number of sulfonamides is 1. The van der Waals surface area contributed by atoms with Crippen molar-refractivity contribution in [2.24, 2.45) is 10.7 Å². The molecule has 0 amide bonds. The van der Waals surface area contributed by atoms with Crippen LogP contribution in [0.2, 0.25) is 0 Å². The Hall–Kier alpha value is -2.34. The second-order valence-electron chi connectivity index (χ2n) is 5.26. The van der Waals surface area contributed by atoms with Crippen molar-refractivity contribution in [2.75, 3.05) is 6.54 Å². The van der Waals surface area contributed by atoms with Gasteiger partial charge in [0.15, 0.2) is 0 Å². The van der Waals surface area contributed by atoms with E-state index in [1.807, 2.05) is 37.3 Å². The second-order valence-corrected chi connectivity index (χ2v) is 7.13. The van der Waals surface area contributed by atoms with Gasteiger partial charge in [-0.25, -0.2) is 17.7 Å². The van der Waals surface area contributed by atoms with Crippen molar-refractivity contribution in [2.45, 2.75) is 17.9 Å². The highest BCUT2D eigenvalue weighted by Gasteiger charge is 2.34. The predicted octanol–water partition coefficient (Wildman–Crippen LogP) is 2.06. The minimum atomic E-state index is -3.67. The molecule has 1 aliphatic heterocycles. The van der Waals surface area contributed by atoms with Crippen molar-refractivity contribution < 1.29 is 8.42 Å². The van der Waals surface area contributed by atoms with Gasteiger partial charge in [-0.05, 0) is 24.6 Å². The number of hydrogen-bond acceptors (Lipinski definition) is 4. The average Bonchev–Trinajstić information content (AvgIpc) is 2.91. The zero-order valence-electron chi connectivity index (χ0n) is 12.2. The van der Waals surface area contributed by atoms with Crippen LogP contribution in [0.4, 0.5) is 0 Å². The average molecular weight is 315 g/mol. The minimum absolute atomic E-state index is 0.0365. The summed E-state index contributed by atoms with van der Waals surface area (Å²) < 4.78 is 26.6. The molecule has 0 aromatic heterocycles. The molecule has 2 aromatic rings. The SMILES string of the molecule is Cc1ccc(S(=O)(=O)N2CC(c3ccccc3)N=C2N)cc1. The maximum Gasteiger partial charge on any atom is 0.266 e. The summed E-state index contributed by atoms with van der Waals surface area (Å²) in [6.07, 6.45) is 0. The highest BCUT2D eigenvalue weighted by Crippen LogP contribution is 2.28. The van der Waals surface area contributed by atoms with E-state index >= 15 is 0 Å². The molecule has 0 saturated heterocycles. The molecule has 1 aliphatic rings. The Kier molecular flexibility index (Phi) is 3.62. The number of benzene rings is 2. The van der Waals surface area contributed by atoms with Crippen molar-refractivity contribution in [1.29, 1.82) is 0 Å². The van der Waals surface area contributed by atoms with Gasteiger partial charge in [-0.15, -0.1) is 0 Å². The summed E-state index contributed by atoms with van der Waals surface area (Å²) in [4.78, 5) is 4.52. The molecule has 2 aromatic carbocycles. The van der Waals surface area contributed by atoms with Gasteiger partial charge >= 0.3 is 0 Å². The fourth-order valence-corrected chi connectivity index (χ4v) is 3.79. The lowest BCUT2D eigenvalue weighted by Gasteiger charge is -2.19. The van der Waals surface area contributed by atoms with Crippen LogP contribution in [0.3, 0.4) is 0 Å². The fourth-order valence-electron chi connectivity index (χ4n) is 2.43. The molecule has 0 aliphatic carbocycles. The van der Waals surface area contributed by atoms with Crippen LogP contribution in [0.25, 0.3) is 0 Å². The summed E-state index contributed by atoms with van der Waals surface area (Å²) in [6, 6.07) is 16.0. The van der Waals surface area contributed by atoms with E-state index in [-0.39, 0.29) is 23.4 Å². The molecule has 0 spiro atoms. The maximum absolute atomic E-state index is 12.7. The van der Waals surface area contributed by atoms with E-state index in [2.05, 4.69) is 4.99 Å². The number of guanidine groups is 1. The molecule has 2 N–H and O–H groups in total. The molecule has 0 bridgehead atoms. The predicted molar refractivity (Wildman–Crippen MR) is 85.9 cm³/mol. The monoisotopic (exact) mass is 315 g/mol. The normalized spacial score (nSPS) is 18.3. The molecular weight excluding hydrogens is 298 g/mol. The van der Waals surface area contributed by atoms with E-state index in [0.29, 0.717) is 0 Å². The molecular formula is C16H17N3O2S. The van der Waals surface area contributed by atoms with Gasteiger partial charge in [0.2, 0.25) is 5.96 Å². The number of aliphatic imine (C=N–C) groups is 1. The zero-order chi connectivity index (χ0) is 15.7. The topological polar surface area (TPSA) is 75.8 Å². The van der Waals surface area contributed by atoms with Gasteiger partial charge < -0.3 is 5.73 Å². The quantitative estimate of drug-likeness (QED) is 0.942. The third-order valence-electron chi connectivity index (χ3n) is 3.68. The van der Waals surface area contributed by atoms with E-state index < -0.39 is 10.0 Å². The molecule has 1 unspecified atom stereocenters. The van der Waals surface area contributed by atoms with Gasteiger partial charge in [0, 0.05) is 0 Å². The van der Waals surface area contributed by atoms with Crippen LogP contribution >= 0.6 is 0 Å². The van der Waals surface area contributed by atoms with Crippen LogP contribution in [0.15, 0.2) is 64.5 Å². The van der Waals surface area contributed by atoms with Crippen molar-refractivity contribution in [3.63, 3.8) is 0 Å². The van der Waals surface area contributed by atoms with Crippen molar-refractivity contribution >= 4 is 16.0 Å². The fraction of sp³-hybridized carbons (Fsp3) is 0.188. The lowest BCUT2D eigenvalue weighted by Crippen LogP contribution is -2.39. The number of aryl methyl sites for hydroxylation is 1. The van der Waals surface area contributed by atoms with E-state index in [9.17, 15) is 8.42 Å². The van der Waals surface area contributed by atoms with Crippen LogP contribution in [-0.4, -0.2) is 25.2 Å². The Bertz CT molecular complexity index is 799. The summed E-state index contributed by atoms with van der Waals surface area (Å²) in [6.45, 7) is 2.14. The van der Waals surface area contributed by atoms with Crippen molar-refractivity contribution in [3.05, 3.63) is 65.7 Å². The summed E-state index contributed by atoms with van der Waals surface area (Å²) in [5.41, 5.74) is 7.81. The smallest absolute Gasteiger partial charge is 0.266 e. The summed E-state index contributed by atoms with van der Waals surface area (Å²) in [7, 11) is -3.67. The van der Waals surface area contributed by atoms with E-state index in [1.165, 1.54) is 4.31 Å². The molecule has 0 fully saturated rings. The molecule has 1 atom stereocenters. The molecule has 0 saturated carbocycles. The van der Waals surface area contributed by atoms with Crippen molar-refractivity contribution in [3.8, 4) is 0 Å². The van der Waals surface area contributed by atoms with Crippen LogP contribution in [-0.2, 0) is 10.0 Å². The minimum Gasteiger partial charge on any atom is -0.369 e. The second kappa shape index (κ2) is 5.46. The van der Waals surface area contributed by atoms with Gasteiger partial charge in [-0.2, -0.15) is 0 Å². The van der Waals surface area contributed by atoms with Gasteiger partial charge in [0.1, 0.15) is 0 Å². The zero-order valence-corrected chi connectivity index (χ0v) is 13.0. The Labute approximate surface area is 130 Å². The first kappa shape index (κ1) is 14.6. The van der Waals surface area contributed by atoms with Crippen LogP contribution in [0.1, 0.15) is 17.2 Å². The molecule has 0 radical (unpaired) electrons. The molecule has 22 heavy (non-hydrogen) atoms. The first-order chi connectivity index (χ1) is 10.5. The summed E-state index contributed by atoms with van der Waals surface area (Å²) >= 11 is 0. The van der Waals surface area contributed by atoms with E-state index in [1.54, 1.807) is 24.3 Å². The van der Waals surface area contributed by atoms with Gasteiger partial charge in [-0.1, -0.05) is 48.0 Å². The van der Waals surface area contributed by atoms with Crippen LogP contribution in [0, 0.1) is 6.92 Å². The number of hydrogen-bond donors (Lipinski definition) is 1. The first-order valence-corrected chi connectivity index (χ1v) is 8.40. The highest BCUT2D eigenvalue weighted by atomic mass is 32.2. The van der Waals surface area contributed by atoms with E-state index in [4.69, 9.17) is 5.73 Å². The molecule has 1 heterocycles. The standard InChI is InChI=1S/C16H17N3O2S/c1-12-7-9-14(10-8-12)22(20,21)19-11-15(18-16(19)17)13-5-3-2-4-6-13/h2-10,15H,11H2,1H3,(H2,17,18). The Morgan fingerprint density at radius 1 is 1.09 bits per heavy atom. The van der Waals surface area contributed by atoms with Crippen LogP contribution in [0.5, 0.6) is 0 Å². The van der Waals surface area contributed by atoms with Crippen LogP contribution < -0.4 is 5.73 Å². The Morgan fingerprint density at radius 2 is 1.73 bits per heavy atom. The third kappa shape index (κ3) is 2.57. The van der Waals surface area contributed by atoms with E-state index in [0.717, 1.165) is 11.1 Å². The van der Waals surface area contributed by atoms with Gasteiger partial charge in [0.05, 0.1) is 17.5 Å².